The molecule has 112 valence electrons. The molecule has 0 saturated carbocycles. The zero-order chi connectivity index (χ0) is 15.2. The Morgan fingerprint density at radius 2 is 2.29 bits per heavy atom. The number of nitriles is 1. The van der Waals surface area contributed by atoms with Crippen LogP contribution in [0, 0.1) is 11.3 Å². The fourth-order valence-corrected chi connectivity index (χ4v) is 2.47. The summed E-state index contributed by atoms with van der Waals surface area (Å²) in [6, 6.07) is 8.87. The van der Waals surface area contributed by atoms with Gasteiger partial charge >= 0.3 is 0 Å². The van der Waals surface area contributed by atoms with Crippen molar-refractivity contribution < 1.29 is 9.53 Å². The van der Waals surface area contributed by atoms with E-state index < -0.39 is 0 Å². The number of anilines is 1. The first-order chi connectivity index (χ1) is 10.1. The third kappa shape index (κ3) is 4.03. The van der Waals surface area contributed by atoms with Gasteiger partial charge in [-0.2, -0.15) is 5.26 Å². The van der Waals surface area contributed by atoms with Crippen molar-refractivity contribution in [1.82, 2.24) is 4.90 Å². The molecule has 1 aliphatic heterocycles. The van der Waals surface area contributed by atoms with E-state index in [9.17, 15) is 4.79 Å². The van der Waals surface area contributed by atoms with Crippen LogP contribution in [0.2, 0.25) is 0 Å². The van der Waals surface area contributed by atoms with Gasteiger partial charge < -0.3 is 10.1 Å². The van der Waals surface area contributed by atoms with Gasteiger partial charge in [-0.25, -0.2) is 0 Å². The number of rotatable bonds is 3. The normalized spacial score (nSPS) is 21.1. The Hall–Kier alpha value is -1.90. The molecule has 1 saturated heterocycles. The Morgan fingerprint density at radius 1 is 1.52 bits per heavy atom. The van der Waals surface area contributed by atoms with Crippen molar-refractivity contribution >= 4 is 11.6 Å². The fraction of sp³-hybridized carbons (Fsp3) is 0.500. The number of hydrogen-bond donors (Lipinski definition) is 1. The molecule has 1 N–H and O–H groups in total. The molecule has 2 atom stereocenters. The highest BCUT2D eigenvalue weighted by Crippen LogP contribution is 2.16. The third-order valence-corrected chi connectivity index (χ3v) is 3.72. The maximum atomic E-state index is 12.4. The van der Waals surface area contributed by atoms with Gasteiger partial charge in [0, 0.05) is 19.7 Å². The molecule has 0 spiro atoms. The molecule has 5 nitrogen and oxygen atoms in total. The van der Waals surface area contributed by atoms with E-state index in [1.54, 1.807) is 18.2 Å². The molecule has 1 fully saturated rings. The Balaban J connectivity index is 2.03. The van der Waals surface area contributed by atoms with Crippen molar-refractivity contribution in [3.63, 3.8) is 0 Å². The first-order valence-corrected chi connectivity index (χ1v) is 7.27. The zero-order valence-electron chi connectivity index (χ0n) is 12.5. The molecular formula is C16H21N3O2. The van der Waals surface area contributed by atoms with Gasteiger partial charge in [-0.15, -0.1) is 0 Å². The number of carbonyl (C=O) groups excluding carboxylic acids is 1. The molecule has 2 rings (SSSR count). The lowest BCUT2D eigenvalue weighted by Crippen LogP contribution is -2.44. The van der Waals surface area contributed by atoms with Crippen molar-refractivity contribution in [2.75, 3.05) is 25.0 Å². The first-order valence-electron chi connectivity index (χ1n) is 7.27. The van der Waals surface area contributed by atoms with Crippen molar-refractivity contribution in [1.29, 1.82) is 5.26 Å². The quantitative estimate of drug-likeness (QED) is 0.923. The number of hydrogen-bond acceptors (Lipinski definition) is 4. The van der Waals surface area contributed by atoms with Gasteiger partial charge in [0.1, 0.15) is 6.07 Å². The topological polar surface area (TPSA) is 65.4 Å². The Morgan fingerprint density at radius 3 is 3.05 bits per heavy atom. The van der Waals surface area contributed by atoms with Crippen LogP contribution in [-0.2, 0) is 9.53 Å². The highest BCUT2D eigenvalue weighted by Gasteiger charge is 2.25. The van der Waals surface area contributed by atoms with Crippen LogP contribution in [-0.4, -0.2) is 42.6 Å². The predicted octanol–water partition coefficient (Wildman–Crippen LogP) is 2.00. The van der Waals surface area contributed by atoms with Crippen LogP contribution >= 0.6 is 0 Å². The average Bonchev–Trinajstić information content (AvgIpc) is 2.71. The van der Waals surface area contributed by atoms with Gasteiger partial charge in [0.25, 0.3) is 0 Å². The summed E-state index contributed by atoms with van der Waals surface area (Å²) in [6.45, 7) is 6.24. The number of benzene rings is 1. The van der Waals surface area contributed by atoms with E-state index in [2.05, 4.69) is 16.3 Å². The lowest BCUT2D eigenvalue weighted by molar-refractivity contribution is -0.121. The second kappa shape index (κ2) is 7.21. The maximum absolute atomic E-state index is 12.4. The second-order valence-corrected chi connectivity index (χ2v) is 5.35. The van der Waals surface area contributed by atoms with Crippen molar-refractivity contribution in [2.24, 2.45) is 0 Å². The summed E-state index contributed by atoms with van der Waals surface area (Å²) >= 11 is 0. The minimum atomic E-state index is -0.249. The smallest absolute Gasteiger partial charge is 0.241 e. The Bertz CT molecular complexity index is 539. The number of amides is 1. The number of para-hydroxylation sites is 1. The minimum absolute atomic E-state index is 0.0909. The van der Waals surface area contributed by atoms with Crippen LogP contribution in [0.4, 0.5) is 5.69 Å². The highest BCUT2D eigenvalue weighted by atomic mass is 16.5. The molecule has 0 bridgehead atoms. The molecule has 21 heavy (non-hydrogen) atoms. The minimum Gasteiger partial charge on any atom is -0.377 e. The molecule has 1 aromatic rings. The highest BCUT2D eigenvalue weighted by molar-refractivity contribution is 5.95. The fourth-order valence-electron chi connectivity index (χ4n) is 2.47. The Labute approximate surface area is 125 Å². The standard InChI is InChI=1S/C16H21N3O2/c1-12-11-19(8-5-9-21-12)13(2)16(20)18-15-7-4-3-6-14(15)10-17/h3-4,6-7,12-13H,5,8-9,11H2,1-2H3,(H,18,20). The van der Waals surface area contributed by atoms with Crippen molar-refractivity contribution in [2.45, 2.75) is 32.4 Å². The lowest BCUT2D eigenvalue weighted by atomic mass is 10.1. The summed E-state index contributed by atoms with van der Waals surface area (Å²) in [7, 11) is 0. The first kappa shape index (κ1) is 15.5. The molecule has 0 aliphatic carbocycles. The van der Waals surface area contributed by atoms with Gasteiger partial charge in [-0.1, -0.05) is 12.1 Å². The van der Waals surface area contributed by atoms with E-state index >= 15 is 0 Å². The van der Waals surface area contributed by atoms with Crippen molar-refractivity contribution in [3.05, 3.63) is 29.8 Å². The number of ether oxygens (including phenoxy) is 1. The summed E-state index contributed by atoms with van der Waals surface area (Å²) in [4.78, 5) is 14.5. The molecule has 5 heteroatoms. The molecule has 1 heterocycles. The van der Waals surface area contributed by atoms with Crippen LogP contribution in [0.15, 0.2) is 24.3 Å². The third-order valence-electron chi connectivity index (χ3n) is 3.72. The van der Waals surface area contributed by atoms with Crippen LogP contribution < -0.4 is 5.32 Å². The number of carbonyl (C=O) groups is 1. The molecule has 2 unspecified atom stereocenters. The molecule has 1 aromatic carbocycles. The van der Waals surface area contributed by atoms with E-state index in [0.29, 0.717) is 11.3 Å². The molecule has 0 radical (unpaired) electrons. The summed E-state index contributed by atoms with van der Waals surface area (Å²) in [5, 5.41) is 11.9. The molecule has 0 aromatic heterocycles. The monoisotopic (exact) mass is 287 g/mol. The van der Waals surface area contributed by atoms with Gasteiger partial charge in [0.05, 0.1) is 23.4 Å². The molecular weight excluding hydrogens is 266 g/mol. The second-order valence-electron chi connectivity index (χ2n) is 5.35. The van der Waals surface area contributed by atoms with Gasteiger partial charge in [-0.05, 0) is 32.4 Å². The summed E-state index contributed by atoms with van der Waals surface area (Å²) < 4.78 is 5.60. The van der Waals surface area contributed by atoms with Crippen molar-refractivity contribution in [3.8, 4) is 6.07 Å². The maximum Gasteiger partial charge on any atom is 0.241 e. The van der Waals surface area contributed by atoms with E-state index in [1.165, 1.54) is 0 Å². The van der Waals surface area contributed by atoms with E-state index in [0.717, 1.165) is 26.1 Å². The number of nitrogens with one attached hydrogen (secondary N) is 1. The van der Waals surface area contributed by atoms with E-state index in [1.807, 2.05) is 19.9 Å². The summed E-state index contributed by atoms with van der Waals surface area (Å²) in [5.41, 5.74) is 1.04. The largest absolute Gasteiger partial charge is 0.377 e. The van der Waals surface area contributed by atoms with E-state index in [-0.39, 0.29) is 18.1 Å². The Kier molecular flexibility index (Phi) is 5.32. The van der Waals surface area contributed by atoms with Gasteiger partial charge in [0.15, 0.2) is 0 Å². The van der Waals surface area contributed by atoms with Crippen LogP contribution in [0.1, 0.15) is 25.8 Å². The predicted molar refractivity (Wildman–Crippen MR) is 80.9 cm³/mol. The van der Waals surface area contributed by atoms with Crippen LogP contribution in [0.25, 0.3) is 0 Å². The molecule has 1 amide bonds. The SMILES string of the molecule is CC1CN(C(C)C(=O)Nc2ccccc2C#N)CCCO1. The van der Waals surface area contributed by atoms with Crippen LogP contribution in [0.5, 0.6) is 0 Å². The van der Waals surface area contributed by atoms with Gasteiger partial charge in [-0.3, -0.25) is 9.69 Å². The van der Waals surface area contributed by atoms with Crippen LogP contribution in [0.3, 0.4) is 0 Å². The zero-order valence-corrected chi connectivity index (χ0v) is 12.5. The average molecular weight is 287 g/mol. The lowest BCUT2D eigenvalue weighted by Gasteiger charge is -2.27. The summed E-state index contributed by atoms with van der Waals surface area (Å²) in [5.74, 6) is -0.0909. The van der Waals surface area contributed by atoms with Gasteiger partial charge in [0.2, 0.25) is 5.91 Å². The summed E-state index contributed by atoms with van der Waals surface area (Å²) in [6.07, 6.45) is 1.06. The van der Waals surface area contributed by atoms with E-state index in [4.69, 9.17) is 10.00 Å². The number of nitrogens with zero attached hydrogens (tertiary/aromatic N) is 2. The molecule has 1 aliphatic rings.